The van der Waals surface area contributed by atoms with Crippen molar-refractivity contribution >= 4 is 0 Å². The van der Waals surface area contributed by atoms with Crippen LogP contribution in [-0.2, 0) is 6.42 Å². The SMILES string of the molecule is COc1ccc([C@H]2COc3cc(O)ccc3C2)c(OC)c1O. The van der Waals surface area contributed by atoms with E-state index >= 15 is 0 Å². The molecule has 0 saturated heterocycles. The van der Waals surface area contributed by atoms with Crippen molar-refractivity contribution in [2.45, 2.75) is 12.3 Å². The number of hydrogen-bond donors (Lipinski definition) is 2. The van der Waals surface area contributed by atoms with E-state index in [0.29, 0.717) is 23.9 Å². The number of rotatable bonds is 3. The van der Waals surface area contributed by atoms with Crippen molar-refractivity contribution in [2.24, 2.45) is 0 Å². The lowest BCUT2D eigenvalue weighted by molar-refractivity contribution is 0.256. The number of aromatic hydroxyl groups is 2. The molecule has 1 aliphatic rings. The second-order valence-electron chi connectivity index (χ2n) is 5.24. The van der Waals surface area contributed by atoms with Crippen molar-refractivity contribution in [1.82, 2.24) is 0 Å². The maximum atomic E-state index is 10.2. The standard InChI is InChI=1S/C17H18O5/c1-20-14-6-5-13(17(21-2)16(14)19)11-7-10-3-4-12(18)8-15(10)22-9-11/h3-6,8,11,18-19H,7,9H2,1-2H3/t11-/m1/s1. The van der Waals surface area contributed by atoms with Crippen LogP contribution in [0.3, 0.4) is 0 Å². The Kier molecular flexibility index (Phi) is 3.71. The molecule has 0 unspecified atom stereocenters. The number of hydrogen-bond acceptors (Lipinski definition) is 5. The van der Waals surface area contributed by atoms with Crippen LogP contribution in [-0.4, -0.2) is 31.0 Å². The molecule has 2 aromatic rings. The fourth-order valence-electron chi connectivity index (χ4n) is 2.83. The van der Waals surface area contributed by atoms with Gasteiger partial charge >= 0.3 is 0 Å². The van der Waals surface area contributed by atoms with Crippen molar-refractivity contribution in [2.75, 3.05) is 20.8 Å². The van der Waals surface area contributed by atoms with Crippen molar-refractivity contribution in [1.29, 1.82) is 0 Å². The zero-order valence-electron chi connectivity index (χ0n) is 12.5. The number of methoxy groups -OCH3 is 2. The summed E-state index contributed by atoms with van der Waals surface area (Å²) in [6.07, 6.45) is 0.748. The summed E-state index contributed by atoms with van der Waals surface area (Å²) in [5.74, 6) is 1.74. The van der Waals surface area contributed by atoms with E-state index < -0.39 is 0 Å². The summed E-state index contributed by atoms with van der Waals surface area (Å²) in [6.45, 7) is 0.457. The van der Waals surface area contributed by atoms with Crippen molar-refractivity contribution in [3.05, 3.63) is 41.5 Å². The molecule has 5 nitrogen and oxygen atoms in total. The normalized spacial score (nSPS) is 16.5. The van der Waals surface area contributed by atoms with Crippen LogP contribution < -0.4 is 14.2 Å². The summed E-state index contributed by atoms with van der Waals surface area (Å²) in [7, 11) is 3.02. The van der Waals surface area contributed by atoms with E-state index in [1.54, 1.807) is 18.2 Å². The molecule has 0 fully saturated rings. The highest BCUT2D eigenvalue weighted by molar-refractivity contribution is 5.56. The van der Waals surface area contributed by atoms with Gasteiger partial charge in [-0.15, -0.1) is 0 Å². The van der Waals surface area contributed by atoms with E-state index in [1.807, 2.05) is 12.1 Å². The first-order valence-corrected chi connectivity index (χ1v) is 7.02. The summed E-state index contributed by atoms with van der Waals surface area (Å²) < 4.78 is 16.2. The van der Waals surface area contributed by atoms with Gasteiger partial charge < -0.3 is 24.4 Å². The van der Waals surface area contributed by atoms with Crippen LogP contribution in [0.5, 0.6) is 28.7 Å². The Balaban J connectivity index is 1.96. The van der Waals surface area contributed by atoms with Gasteiger partial charge in [0.1, 0.15) is 11.5 Å². The predicted octanol–water partition coefficient (Wildman–Crippen LogP) is 2.83. The lowest BCUT2D eigenvalue weighted by Gasteiger charge is -2.27. The van der Waals surface area contributed by atoms with Crippen LogP contribution >= 0.6 is 0 Å². The van der Waals surface area contributed by atoms with Crippen LogP contribution in [0.15, 0.2) is 30.3 Å². The summed E-state index contributed by atoms with van der Waals surface area (Å²) in [4.78, 5) is 0. The Bertz CT molecular complexity index is 696. The molecule has 0 spiro atoms. The number of phenolic OH excluding ortho intramolecular Hbond substituents is 2. The molecular formula is C17H18O5. The molecular weight excluding hydrogens is 284 g/mol. The second kappa shape index (κ2) is 5.67. The summed E-state index contributed by atoms with van der Waals surface area (Å²) in [5.41, 5.74) is 1.89. The van der Waals surface area contributed by atoms with E-state index in [0.717, 1.165) is 17.5 Å². The first kappa shape index (κ1) is 14.4. The molecule has 3 rings (SSSR count). The number of fused-ring (bicyclic) bond motifs is 1. The van der Waals surface area contributed by atoms with Gasteiger partial charge in [0, 0.05) is 17.5 Å². The topological polar surface area (TPSA) is 68.2 Å². The van der Waals surface area contributed by atoms with Crippen LogP contribution in [0, 0.1) is 0 Å². The molecule has 0 amide bonds. The minimum atomic E-state index is -0.000923. The molecule has 22 heavy (non-hydrogen) atoms. The monoisotopic (exact) mass is 302 g/mol. The third-order valence-electron chi connectivity index (χ3n) is 3.95. The first-order valence-electron chi connectivity index (χ1n) is 7.02. The zero-order chi connectivity index (χ0) is 15.7. The molecule has 0 aromatic heterocycles. The van der Waals surface area contributed by atoms with E-state index in [9.17, 15) is 10.2 Å². The maximum absolute atomic E-state index is 10.2. The Labute approximate surface area is 128 Å². The average molecular weight is 302 g/mol. The molecule has 5 heteroatoms. The third-order valence-corrected chi connectivity index (χ3v) is 3.95. The Morgan fingerprint density at radius 3 is 2.64 bits per heavy atom. The highest BCUT2D eigenvalue weighted by Crippen LogP contribution is 2.44. The predicted molar refractivity (Wildman–Crippen MR) is 81.3 cm³/mol. The molecule has 0 radical (unpaired) electrons. The fraction of sp³-hybridized carbons (Fsp3) is 0.294. The minimum absolute atomic E-state index is 0.000923. The molecule has 0 aliphatic carbocycles. The van der Waals surface area contributed by atoms with E-state index in [-0.39, 0.29) is 17.4 Å². The van der Waals surface area contributed by atoms with Gasteiger partial charge in [0.05, 0.1) is 20.8 Å². The summed E-state index contributed by atoms with van der Waals surface area (Å²) in [5, 5.41) is 19.7. The van der Waals surface area contributed by atoms with Gasteiger partial charge in [0.15, 0.2) is 11.5 Å². The lowest BCUT2D eigenvalue weighted by atomic mass is 9.89. The minimum Gasteiger partial charge on any atom is -0.508 e. The maximum Gasteiger partial charge on any atom is 0.201 e. The smallest absolute Gasteiger partial charge is 0.201 e. The number of phenols is 2. The Hall–Kier alpha value is -2.56. The van der Waals surface area contributed by atoms with Gasteiger partial charge in [0.25, 0.3) is 0 Å². The average Bonchev–Trinajstić information content (AvgIpc) is 2.54. The van der Waals surface area contributed by atoms with Crippen molar-refractivity contribution in [3.63, 3.8) is 0 Å². The van der Waals surface area contributed by atoms with Crippen LogP contribution in [0.25, 0.3) is 0 Å². The van der Waals surface area contributed by atoms with Crippen LogP contribution in [0.1, 0.15) is 17.0 Å². The van der Waals surface area contributed by atoms with Gasteiger partial charge in [-0.2, -0.15) is 0 Å². The first-order chi connectivity index (χ1) is 10.6. The van der Waals surface area contributed by atoms with Crippen LogP contribution in [0.2, 0.25) is 0 Å². The molecule has 116 valence electrons. The van der Waals surface area contributed by atoms with E-state index in [2.05, 4.69) is 0 Å². The van der Waals surface area contributed by atoms with Gasteiger partial charge in [0.2, 0.25) is 5.75 Å². The van der Waals surface area contributed by atoms with Gasteiger partial charge in [-0.1, -0.05) is 12.1 Å². The molecule has 1 atom stereocenters. The molecule has 0 bridgehead atoms. The summed E-state index contributed by atoms with van der Waals surface area (Å²) in [6, 6.07) is 8.73. The molecule has 1 heterocycles. The van der Waals surface area contributed by atoms with E-state index in [4.69, 9.17) is 14.2 Å². The zero-order valence-corrected chi connectivity index (χ0v) is 12.5. The molecule has 2 aromatic carbocycles. The lowest BCUT2D eigenvalue weighted by Crippen LogP contribution is -2.19. The largest absolute Gasteiger partial charge is 0.508 e. The number of benzene rings is 2. The Morgan fingerprint density at radius 2 is 1.91 bits per heavy atom. The van der Waals surface area contributed by atoms with E-state index in [1.165, 1.54) is 14.2 Å². The molecule has 0 saturated carbocycles. The highest BCUT2D eigenvalue weighted by atomic mass is 16.5. The van der Waals surface area contributed by atoms with Gasteiger partial charge in [-0.25, -0.2) is 0 Å². The molecule has 1 aliphatic heterocycles. The second-order valence-corrected chi connectivity index (χ2v) is 5.24. The fourth-order valence-corrected chi connectivity index (χ4v) is 2.83. The van der Waals surface area contributed by atoms with Crippen molar-refractivity contribution in [3.8, 4) is 28.7 Å². The number of ether oxygens (including phenoxy) is 3. The van der Waals surface area contributed by atoms with Crippen LogP contribution in [0.4, 0.5) is 0 Å². The van der Waals surface area contributed by atoms with Gasteiger partial charge in [-0.3, -0.25) is 0 Å². The quantitative estimate of drug-likeness (QED) is 0.912. The Morgan fingerprint density at radius 1 is 1.09 bits per heavy atom. The molecule has 2 N–H and O–H groups in total. The van der Waals surface area contributed by atoms with Crippen molar-refractivity contribution < 1.29 is 24.4 Å². The third kappa shape index (κ3) is 2.39. The summed E-state index contributed by atoms with van der Waals surface area (Å²) >= 11 is 0. The highest BCUT2D eigenvalue weighted by Gasteiger charge is 2.26. The van der Waals surface area contributed by atoms with Gasteiger partial charge in [-0.05, 0) is 24.1 Å².